The third kappa shape index (κ3) is 5.79. The Balaban J connectivity index is 1.89. The molecule has 0 bridgehead atoms. The Morgan fingerprint density at radius 3 is 2.12 bits per heavy atom. The topological polar surface area (TPSA) is 83.8 Å². The number of nitrogens with one attached hydrogen (secondary N) is 1. The summed E-state index contributed by atoms with van der Waals surface area (Å²) in [6.07, 6.45) is 0.810. The van der Waals surface area contributed by atoms with E-state index >= 15 is 0 Å². The highest BCUT2D eigenvalue weighted by molar-refractivity contribution is 5.76. The summed E-state index contributed by atoms with van der Waals surface area (Å²) in [7, 11) is 4.85. The second-order valence-corrected chi connectivity index (χ2v) is 7.10. The van der Waals surface area contributed by atoms with Crippen molar-refractivity contribution in [1.82, 2.24) is 15.1 Å². The minimum atomic E-state index is -0.0472. The fraction of sp³-hybridized carbons (Fsp3) is 0.333. The molecule has 0 fully saturated rings. The molecule has 1 aromatic heterocycles. The minimum Gasteiger partial charge on any atom is -0.497 e. The lowest BCUT2D eigenvalue weighted by Gasteiger charge is -2.12. The number of ether oxygens (including phenoxy) is 4. The van der Waals surface area contributed by atoms with E-state index in [0.717, 1.165) is 28.4 Å². The summed E-state index contributed by atoms with van der Waals surface area (Å²) in [6.45, 7) is 2.87. The first-order valence-electron chi connectivity index (χ1n) is 10.4. The highest BCUT2D eigenvalue weighted by Crippen LogP contribution is 2.32. The molecule has 3 rings (SSSR count). The predicted octanol–water partition coefficient (Wildman–Crippen LogP) is 3.69. The van der Waals surface area contributed by atoms with Crippen LogP contribution in [-0.2, 0) is 16.0 Å². The Hall–Kier alpha value is -3.52. The normalized spacial score (nSPS) is 10.6. The maximum absolute atomic E-state index is 12.2. The number of carbonyl (C=O) groups excluding carboxylic acids is 1. The summed E-state index contributed by atoms with van der Waals surface area (Å²) >= 11 is 0. The maximum Gasteiger partial charge on any atom is 0.226 e. The van der Waals surface area contributed by atoms with Crippen molar-refractivity contribution >= 4 is 5.91 Å². The van der Waals surface area contributed by atoms with Crippen LogP contribution in [0.3, 0.4) is 0 Å². The third-order valence-electron chi connectivity index (χ3n) is 4.96. The van der Waals surface area contributed by atoms with Crippen LogP contribution in [0.1, 0.15) is 17.7 Å². The van der Waals surface area contributed by atoms with Crippen molar-refractivity contribution in [2.24, 2.45) is 0 Å². The average Bonchev–Trinajstić information content (AvgIpc) is 3.13. The number of nitrogens with zero attached hydrogens (tertiary/aromatic N) is 2. The van der Waals surface area contributed by atoms with E-state index in [1.165, 1.54) is 0 Å². The zero-order valence-electron chi connectivity index (χ0n) is 18.9. The van der Waals surface area contributed by atoms with E-state index in [1.807, 2.05) is 55.5 Å². The van der Waals surface area contributed by atoms with Gasteiger partial charge >= 0.3 is 0 Å². The van der Waals surface area contributed by atoms with Crippen LogP contribution in [0, 0.1) is 6.92 Å². The molecule has 170 valence electrons. The molecular formula is C24H29N3O5. The summed E-state index contributed by atoms with van der Waals surface area (Å²) in [5.41, 5.74) is 2.50. The number of methoxy groups -OCH3 is 3. The standard InChI is InChI=1S/C24H29N3O5/c1-17-22(13-14-23(28)25-15-16-29-2)24(32-21-11-9-20(31-4)10-12-21)27(26-17)18-5-7-19(30-3)8-6-18/h5-12H,13-16H2,1-4H3,(H,25,28). The molecule has 0 aliphatic heterocycles. The lowest BCUT2D eigenvalue weighted by atomic mass is 10.1. The molecular weight excluding hydrogens is 410 g/mol. The molecule has 1 heterocycles. The van der Waals surface area contributed by atoms with Gasteiger partial charge in [0.15, 0.2) is 0 Å². The SMILES string of the molecule is COCCNC(=O)CCc1c(C)nn(-c2ccc(OC)cc2)c1Oc1ccc(OC)cc1. The van der Waals surface area contributed by atoms with Gasteiger partial charge < -0.3 is 24.3 Å². The highest BCUT2D eigenvalue weighted by Gasteiger charge is 2.20. The molecule has 3 aromatic rings. The summed E-state index contributed by atoms with van der Waals surface area (Å²) in [5.74, 6) is 2.66. The molecule has 1 amide bonds. The van der Waals surface area contributed by atoms with Gasteiger partial charge in [-0.05, 0) is 61.9 Å². The van der Waals surface area contributed by atoms with Crippen LogP contribution in [0.25, 0.3) is 5.69 Å². The Kier molecular flexibility index (Phi) is 8.10. The molecule has 0 saturated heterocycles. The van der Waals surface area contributed by atoms with Gasteiger partial charge in [0.05, 0.1) is 32.2 Å². The van der Waals surface area contributed by atoms with E-state index in [0.29, 0.717) is 37.6 Å². The third-order valence-corrected chi connectivity index (χ3v) is 4.96. The Bertz CT molecular complexity index is 1010. The van der Waals surface area contributed by atoms with Crippen molar-refractivity contribution in [3.63, 3.8) is 0 Å². The lowest BCUT2D eigenvalue weighted by Crippen LogP contribution is -2.27. The van der Waals surface area contributed by atoms with Crippen LogP contribution in [-0.4, -0.2) is 50.2 Å². The van der Waals surface area contributed by atoms with Crippen molar-refractivity contribution < 1.29 is 23.7 Å². The van der Waals surface area contributed by atoms with E-state index in [2.05, 4.69) is 5.32 Å². The van der Waals surface area contributed by atoms with Crippen LogP contribution in [0.4, 0.5) is 0 Å². The number of benzene rings is 2. The molecule has 0 radical (unpaired) electrons. The van der Waals surface area contributed by atoms with Gasteiger partial charge in [0.1, 0.15) is 17.2 Å². The molecule has 0 aliphatic rings. The fourth-order valence-electron chi connectivity index (χ4n) is 3.20. The number of amides is 1. The molecule has 8 nitrogen and oxygen atoms in total. The number of aryl methyl sites for hydroxylation is 1. The molecule has 0 aliphatic carbocycles. The molecule has 0 saturated carbocycles. The van der Waals surface area contributed by atoms with Gasteiger partial charge in [-0.3, -0.25) is 4.79 Å². The van der Waals surface area contributed by atoms with Crippen molar-refractivity contribution in [2.45, 2.75) is 19.8 Å². The Morgan fingerprint density at radius 1 is 0.938 bits per heavy atom. The van der Waals surface area contributed by atoms with Gasteiger partial charge in [-0.15, -0.1) is 0 Å². The number of rotatable bonds is 11. The molecule has 0 spiro atoms. The fourth-order valence-corrected chi connectivity index (χ4v) is 3.20. The summed E-state index contributed by atoms with van der Waals surface area (Å²) in [5, 5.41) is 7.54. The van der Waals surface area contributed by atoms with Gasteiger partial charge in [-0.25, -0.2) is 4.68 Å². The van der Waals surface area contributed by atoms with E-state index in [-0.39, 0.29) is 5.91 Å². The summed E-state index contributed by atoms with van der Waals surface area (Å²) in [6, 6.07) is 14.9. The van der Waals surface area contributed by atoms with Crippen LogP contribution < -0.4 is 19.5 Å². The highest BCUT2D eigenvalue weighted by atomic mass is 16.5. The second kappa shape index (κ2) is 11.2. The van der Waals surface area contributed by atoms with E-state index in [1.54, 1.807) is 26.0 Å². The minimum absolute atomic E-state index is 0.0472. The van der Waals surface area contributed by atoms with Gasteiger partial charge in [-0.2, -0.15) is 5.10 Å². The largest absolute Gasteiger partial charge is 0.497 e. The van der Waals surface area contributed by atoms with Gasteiger partial charge in [0.2, 0.25) is 11.8 Å². The van der Waals surface area contributed by atoms with Crippen molar-refractivity contribution in [2.75, 3.05) is 34.5 Å². The van der Waals surface area contributed by atoms with Crippen molar-refractivity contribution in [3.05, 3.63) is 59.8 Å². The second-order valence-electron chi connectivity index (χ2n) is 7.10. The summed E-state index contributed by atoms with van der Waals surface area (Å²) < 4.78 is 23.5. The lowest BCUT2D eigenvalue weighted by molar-refractivity contribution is -0.121. The Labute approximate surface area is 188 Å². The monoisotopic (exact) mass is 439 g/mol. The van der Waals surface area contributed by atoms with Crippen molar-refractivity contribution in [1.29, 1.82) is 0 Å². The first kappa shape index (κ1) is 23.1. The Morgan fingerprint density at radius 2 is 1.53 bits per heavy atom. The first-order chi connectivity index (χ1) is 15.5. The summed E-state index contributed by atoms with van der Waals surface area (Å²) in [4.78, 5) is 12.2. The molecule has 0 unspecified atom stereocenters. The van der Waals surface area contributed by atoms with E-state index in [9.17, 15) is 4.79 Å². The van der Waals surface area contributed by atoms with Crippen molar-refractivity contribution in [3.8, 4) is 28.8 Å². The maximum atomic E-state index is 12.2. The van der Waals surface area contributed by atoms with E-state index in [4.69, 9.17) is 24.0 Å². The van der Waals surface area contributed by atoms with Crippen LogP contribution in [0.15, 0.2) is 48.5 Å². The number of aromatic nitrogens is 2. The van der Waals surface area contributed by atoms with Crippen LogP contribution in [0.2, 0.25) is 0 Å². The molecule has 8 heteroatoms. The van der Waals surface area contributed by atoms with Crippen LogP contribution >= 0.6 is 0 Å². The van der Waals surface area contributed by atoms with E-state index < -0.39 is 0 Å². The average molecular weight is 440 g/mol. The zero-order chi connectivity index (χ0) is 22.9. The van der Waals surface area contributed by atoms with Crippen LogP contribution in [0.5, 0.6) is 23.1 Å². The van der Waals surface area contributed by atoms with Gasteiger partial charge in [0, 0.05) is 25.6 Å². The number of hydrogen-bond acceptors (Lipinski definition) is 6. The number of hydrogen-bond donors (Lipinski definition) is 1. The van der Waals surface area contributed by atoms with Gasteiger partial charge in [-0.1, -0.05) is 0 Å². The zero-order valence-corrected chi connectivity index (χ0v) is 18.9. The molecule has 0 atom stereocenters. The molecule has 2 aromatic carbocycles. The van der Waals surface area contributed by atoms with Gasteiger partial charge in [0.25, 0.3) is 0 Å². The predicted molar refractivity (Wildman–Crippen MR) is 121 cm³/mol. The smallest absolute Gasteiger partial charge is 0.226 e. The first-order valence-corrected chi connectivity index (χ1v) is 10.4. The molecule has 1 N–H and O–H groups in total. The quantitative estimate of drug-likeness (QED) is 0.459. The number of carbonyl (C=O) groups is 1. The molecule has 32 heavy (non-hydrogen) atoms.